The van der Waals surface area contributed by atoms with Crippen molar-refractivity contribution in [3.05, 3.63) is 23.5 Å². The number of ether oxygens (including phenoxy) is 1. The van der Waals surface area contributed by atoms with Crippen LogP contribution >= 0.6 is 11.6 Å². The van der Waals surface area contributed by atoms with Gasteiger partial charge in [-0.1, -0.05) is 18.5 Å². The zero-order valence-corrected chi connectivity index (χ0v) is 10.2. The van der Waals surface area contributed by atoms with Gasteiger partial charge < -0.3 is 10.1 Å². The maximum Gasteiger partial charge on any atom is 0.0718 e. The lowest BCUT2D eigenvalue weighted by Gasteiger charge is -2.30. The standard InChI is InChI=1S/C12H17ClN2O/c1-2-10-7-9(4-6-16-10)15-12-8-14-5-3-11(12)13/h3,5,8-10,15H,2,4,6-7H2,1H3. The van der Waals surface area contributed by atoms with Crippen molar-refractivity contribution in [3.63, 3.8) is 0 Å². The number of pyridine rings is 1. The number of rotatable bonds is 3. The summed E-state index contributed by atoms with van der Waals surface area (Å²) >= 11 is 6.08. The van der Waals surface area contributed by atoms with Crippen molar-refractivity contribution in [2.45, 2.75) is 38.3 Å². The normalized spacial score (nSPS) is 25.4. The largest absolute Gasteiger partial charge is 0.380 e. The van der Waals surface area contributed by atoms with Crippen LogP contribution < -0.4 is 5.32 Å². The summed E-state index contributed by atoms with van der Waals surface area (Å²) < 4.78 is 5.64. The Kier molecular flexibility index (Phi) is 4.02. The van der Waals surface area contributed by atoms with Crippen LogP contribution in [0.5, 0.6) is 0 Å². The number of halogens is 1. The molecule has 0 radical (unpaired) electrons. The van der Waals surface area contributed by atoms with Crippen LogP contribution in [0.3, 0.4) is 0 Å². The number of hydrogen-bond donors (Lipinski definition) is 1. The maximum atomic E-state index is 6.08. The van der Waals surface area contributed by atoms with E-state index in [0.29, 0.717) is 12.1 Å². The summed E-state index contributed by atoms with van der Waals surface area (Å²) in [5, 5.41) is 4.17. The summed E-state index contributed by atoms with van der Waals surface area (Å²) in [7, 11) is 0. The topological polar surface area (TPSA) is 34.2 Å². The molecule has 0 aliphatic carbocycles. The molecule has 0 spiro atoms. The molecule has 1 aromatic rings. The highest BCUT2D eigenvalue weighted by Crippen LogP contribution is 2.24. The number of aromatic nitrogens is 1. The van der Waals surface area contributed by atoms with Crippen LogP contribution in [0.1, 0.15) is 26.2 Å². The van der Waals surface area contributed by atoms with Crippen LogP contribution in [-0.2, 0) is 4.74 Å². The van der Waals surface area contributed by atoms with Crippen molar-refractivity contribution in [1.82, 2.24) is 4.98 Å². The predicted octanol–water partition coefficient (Wildman–Crippen LogP) is 3.10. The van der Waals surface area contributed by atoms with E-state index in [9.17, 15) is 0 Å². The molecular weight excluding hydrogens is 224 g/mol. The minimum Gasteiger partial charge on any atom is -0.380 e. The highest BCUT2D eigenvalue weighted by atomic mass is 35.5. The van der Waals surface area contributed by atoms with Gasteiger partial charge in [0.25, 0.3) is 0 Å². The Labute approximate surface area is 101 Å². The SMILES string of the molecule is CCC1CC(Nc2cnccc2Cl)CCO1. The summed E-state index contributed by atoms with van der Waals surface area (Å²) in [6.45, 7) is 2.98. The van der Waals surface area contributed by atoms with Crippen molar-refractivity contribution < 1.29 is 4.74 Å². The fraction of sp³-hybridized carbons (Fsp3) is 0.583. The average Bonchev–Trinajstić information content (AvgIpc) is 2.32. The maximum absolute atomic E-state index is 6.08. The third-order valence-corrected chi connectivity index (χ3v) is 3.28. The van der Waals surface area contributed by atoms with Crippen LogP contribution in [0.15, 0.2) is 18.5 Å². The van der Waals surface area contributed by atoms with E-state index in [4.69, 9.17) is 16.3 Å². The molecule has 0 bridgehead atoms. The van der Waals surface area contributed by atoms with E-state index in [0.717, 1.165) is 36.6 Å². The van der Waals surface area contributed by atoms with Gasteiger partial charge in [-0.3, -0.25) is 4.98 Å². The highest BCUT2D eigenvalue weighted by Gasteiger charge is 2.21. The lowest BCUT2D eigenvalue weighted by Crippen LogP contribution is -2.33. The van der Waals surface area contributed by atoms with E-state index in [1.165, 1.54) is 0 Å². The van der Waals surface area contributed by atoms with Crippen LogP contribution in [-0.4, -0.2) is 23.7 Å². The van der Waals surface area contributed by atoms with Crippen LogP contribution in [0.4, 0.5) is 5.69 Å². The molecule has 16 heavy (non-hydrogen) atoms. The molecule has 2 rings (SSSR count). The molecule has 1 aliphatic rings. The first kappa shape index (κ1) is 11.7. The summed E-state index contributed by atoms with van der Waals surface area (Å²) in [6, 6.07) is 2.25. The summed E-state index contributed by atoms with van der Waals surface area (Å²) in [5.41, 5.74) is 0.922. The zero-order valence-electron chi connectivity index (χ0n) is 9.45. The molecule has 1 fully saturated rings. The molecule has 1 N–H and O–H groups in total. The highest BCUT2D eigenvalue weighted by molar-refractivity contribution is 6.33. The first-order valence-corrected chi connectivity index (χ1v) is 6.15. The molecule has 88 valence electrons. The molecule has 0 amide bonds. The second kappa shape index (κ2) is 5.51. The van der Waals surface area contributed by atoms with E-state index < -0.39 is 0 Å². The van der Waals surface area contributed by atoms with Crippen molar-refractivity contribution in [2.24, 2.45) is 0 Å². The molecular formula is C12H17ClN2O. The monoisotopic (exact) mass is 240 g/mol. The lowest BCUT2D eigenvalue weighted by molar-refractivity contribution is 0.00925. The summed E-state index contributed by atoms with van der Waals surface area (Å²) in [6.07, 6.45) is 7.00. The Morgan fingerprint density at radius 3 is 3.25 bits per heavy atom. The van der Waals surface area contributed by atoms with Gasteiger partial charge >= 0.3 is 0 Å². The van der Waals surface area contributed by atoms with Crippen LogP contribution in [0, 0.1) is 0 Å². The lowest BCUT2D eigenvalue weighted by atomic mass is 10.0. The molecule has 1 aromatic heterocycles. The van der Waals surface area contributed by atoms with Crippen molar-refractivity contribution in [3.8, 4) is 0 Å². The van der Waals surface area contributed by atoms with E-state index in [-0.39, 0.29) is 0 Å². The van der Waals surface area contributed by atoms with Gasteiger partial charge in [0, 0.05) is 18.8 Å². The van der Waals surface area contributed by atoms with Gasteiger partial charge in [0.15, 0.2) is 0 Å². The molecule has 4 heteroatoms. The first-order valence-electron chi connectivity index (χ1n) is 5.77. The quantitative estimate of drug-likeness (QED) is 0.882. The fourth-order valence-electron chi connectivity index (χ4n) is 2.00. The molecule has 1 aliphatic heterocycles. The minimum atomic E-state index is 0.377. The molecule has 3 nitrogen and oxygen atoms in total. The van der Waals surface area contributed by atoms with Gasteiger partial charge in [0.1, 0.15) is 0 Å². The van der Waals surface area contributed by atoms with Gasteiger partial charge in [-0.2, -0.15) is 0 Å². The van der Waals surface area contributed by atoms with Crippen LogP contribution in [0.25, 0.3) is 0 Å². The summed E-state index contributed by atoms with van der Waals surface area (Å²) in [5.74, 6) is 0. The average molecular weight is 241 g/mol. The van der Waals surface area contributed by atoms with Crippen LogP contribution in [0.2, 0.25) is 5.02 Å². The van der Waals surface area contributed by atoms with Gasteiger partial charge in [0.2, 0.25) is 0 Å². The van der Waals surface area contributed by atoms with Gasteiger partial charge in [0.05, 0.1) is 23.0 Å². The minimum absolute atomic E-state index is 0.377. The molecule has 2 atom stereocenters. The molecule has 0 aromatic carbocycles. The Morgan fingerprint density at radius 1 is 1.62 bits per heavy atom. The number of anilines is 1. The molecule has 1 saturated heterocycles. The Morgan fingerprint density at radius 2 is 2.50 bits per heavy atom. The number of hydrogen-bond acceptors (Lipinski definition) is 3. The number of nitrogens with zero attached hydrogens (tertiary/aromatic N) is 1. The predicted molar refractivity (Wildman–Crippen MR) is 65.9 cm³/mol. The Hall–Kier alpha value is -0.800. The van der Waals surface area contributed by atoms with E-state index in [2.05, 4.69) is 17.2 Å². The smallest absolute Gasteiger partial charge is 0.0718 e. The Balaban J connectivity index is 1.97. The second-order valence-corrected chi connectivity index (χ2v) is 4.53. The van der Waals surface area contributed by atoms with Gasteiger partial charge in [-0.25, -0.2) is 0 Å². The Bertz CT molecular complexity index is 346. The third kappa shape index (κ3) is 2.86. The van der Waals surface area contributed by atoms with Crippen molar-refractivity contribution in [2.75, 3.05) is 11.9 Å². The second-order valence-electron chi connectivity index (χ2n) is 4.12. The van der Waals surface area contributed by atoms with Gasteiger partial charge in [-0.15, -0.1) is 0 Å². The van der Waals surface area contributed by atoms with Crippen molar-refractivity contribution in [1.29, 1.82) is 0 Å². The third-order valence-electron chi connectivity index (χ3n) is 2.95. The fourth-order valence-corrected chi connectivity index (χ4v) is 2.16. The zero-order chi connectivity index (χ0) is 11.4. The van der Waals surface area contributed by atoms with Crippen molar-refractivity contribution >= 4 is 17.3 Å². The molecule has 2 heterocycles. The molecule has 2 unspecified atom stereocenters. The van der Waals surface area contributed by atoms with E-state index >= 15 is 0 Å². The van der Waals surface area contributed by atoms with E-state index in [1.54, 1.807) is 18.5 Å². The van der Waals surface area contributed by atoms with Gasteiger partial charge in [-0.05, 0) is 25.3 Å². The first-order chi connectivity index (χ1) is 7.79. The number of nitrogens with one attached hydrogen (secondary N) is 1. The summed E-state index contributed by atoms with van der Waals surface area (Å²) in [4.78, 5) is 4.07. The molecule has 0 saturated carbocycles. The van der Waals surface area contributed by atoms with E-state index in [1.807, 2.05) is 0 Å².